The van der Waals surface area contributed by atoms with Crippen LogP contribution in [0.5, 0.6) is 0 Å². The van der Waals surface area contributed by atoms with Gasteiger partial charge in [0.1, 0.15) is 0 Å². The van der Waals surface area contributed by atoms with Crippen LogP contribution in [-0.4, -0.2) is 12.1 Å². The minimum absolute atomic E-state index is 0.227. The number of hydrogen-bond acceptors (Lipinski definition) is 2. The van der Waals surface area contributed by atoms with E-state index in [9.17, 15) is 4.79 Å². The van der Waals surface area contributed by atoms with E-state index >= 15 is 0 Å². The molecular formula is C9H4N2O. The molecule has 0 aromatic heterocycles. The Hall–Kier alpha value is -1.95. The van der Waals surface area contributed by atoms with Gasteiger partial charge in [-0.3, -0.25) is 4.79 Å². The van der Waals surface area contributed by atoms with Gasteiger partial charge >= 0.3 is 0 Å². The predicted octanol–water partition coefficient (Wildman–Crippen LogP) is 1.13. The summed E-state index contributed by atoms with van der Waals surface area (Å²) in [5.41, 5.74) is 1.86. The number of hydrogen-bond donors (Lipinski definition) is 0. The number of benzene rings is 1. The molecule has 56 valence electrons. The van der Waals surface area contributed by atoms with Crippen molar-refractivity contribution in [3.63, 3.8) is 0 Å². The summed E-state index contributed by atoms with van der Waals surface area (Å²) in [4.78, 5) is 14.6. The first-order chi connectivity index (χ1) is 5.81. The van der Waals surface area contributed by atoms with E-state index < -0.39 is 0 Å². The smallest absolute Gasteiger partial charge is 0.267 e. The number of carbonyl (C=O) groups excluding carboxylic acids is 1. The molecule has 1 aromatic rings. The standard InChI is InChI=1S/C9H4N2O/c10-4-6-1-2-8-7(3-6)5-11-9(8)12/h1-3,5H. The molecule has 0 fully saturated rings. The van der Waals surface area contributed by atoms with E-state index in [-0.39, 0.29) is 5.91 Å². The van der Waals surface area contributed by atoms with Gasteiger partial charge in [0.05, 0.1) is 17.2 Å². The Labute approximate surface area is 69.0 Å². The van der Waals surface area contributed by atoms with E-state index in [1.54, 1.807) is 18.2 Å². The van der Waals surface area contributed by atoms with Crippen LogP contribution in [0, 0.1) is 11.3 Å². The van der Waals surface area contributed by atoms with Crippen molar-refractivity contribution in [1.29, 1.82) is 5.26 Å². The Morgan fingerprint density at radius 2 is 2.25 bits per heavy atom. The summed E-state index contributed by atoms with van der Waals surface area (Å²) in [6.07, 6.45) is 1.48. The Kier molecular flexibility index (Phi) is 1.28. The van der Waals surface area contributed by atoms with E-state index in [0.717, 1.165) is 5.56 Å². The lowest BCUT2D eigenvalue weighted by atomic mass is 10.1. The molecule has 0 aliphatic carbocycles. The fraction of sp³-hybridized carbons (Fsp3) is 0. The molecule has 0 N–H and O–H groups in total. The van der Waals surface area contributed by atoms with Crippen LogP contribution in [-0.2, 0) is 0 Å². The van der Waals surface area contributed by atoms with Gasteiger partial charge in [0.2, 0.25) is 0 Å². The maximum atomic E-state index is 11.0. The molecule has 0 saturated carbocycles. The second-order valence-electron chi connectivity index (χ2n) is 2.48. The van der Waals surface area contributed by atoms with E-state index in [1.807, 2.05) is 6.07 Å². The van der Waals surface area contributed by atoms with Gasteiger partial charge in [-0.05, 0) is 18.2 Å². The third kappa shape index (κ3) is 0.823. The van der Waals surface area contributed by atoms with Crippen molar-refractivity contribution in [3.8, 4) is 6.07 Å². The molecule has 0 spiro atoms. The van der Waals surface area contributed by atoms with Crippen LogP contribution < -0.4 is 0 Å². The lowest BCUT2D eigenvalue weighted by Crippen LogP contribution is -1.91. The summed E-state index contributed by atoms with van der Waals surface area (Å²) >= 11 is 0. The minimum atomic E-state index is -0.227. The van der Waals surface area contributed by atoms with Crippen molar-refractivity contribution in [2.45, 2.75) is 0 Å². The molecule has 3 heteroatoms. The summed E-state index contributed by atoms with van der Waals surface area (Å²) in [5.74, 6) is -0.227. The molecule has 1 aromatic carbocycles. The minimum Gasteiger partial charge on any atom is -0.267 e. The number of nitrogens with zero attached hydrogens (tertiary/aromatic N) is 2. The molecule has 1 aliphatic rings. The molecule has 0 unspecified atom stereocenters. The van der Waals surface area contributed by atoms with Crippen molar-refractivity contribution in [2.24, 2.45) is 4.99 Å². The van der Waals surface area contributed by atoms with Gasteiger partial charge in [-0.2, -0.15) is 5.26 Å². The van der Waals surface area contributed by atoms with Crippen LogP contribution >= 0.6 is 0 Å². The van der Waals surface area contributed by atoms with Crippen LogP contribution in [0.15, 0.2) is 23.2 Å². The monoisotopic (exact) mass is 156 g/mol. The van der Waals surface area contributed by atoms with Gasteiger partial charge in [-0.1, -0.05) is 0 Å². The highest BCUT2D eigenvalue weighted by molar-refractivity contribution is 6.12. The Balaban J connectivity index is 2.64. The van der Waals surface area contributed by atoms with Gasteiger partial charge in [0.15, 0.2) is 0 Å². The van der Waals surface area contributed by atoms with Gasteiger partial charge in [0, 0.05) is 11.8 Å². The van der Waals surface area contributed by atoms with Crippen molar-refractivity contribution < 1.29 is 4.79 Å². The summed E-state index contributed by atoms with van der Waals surface area (Å²) < 4.78 is 0. The Morgan fingerprint density at radius 3 is 3.00 bits per heavy atom. The summed E-state index contributed by atoms with van der Waals surface area (Å²) in [5, 5.41) is 8.56. The molecule has 0 radical (unpaired) electrons. The van der Waals surface area contributed by atoms with Crippen LogP contribution in [0.3, 0.4) is 0 Å². The van der Waals surface area contributed by atoms with E-state index in [4.69, 9.17) is 5.26 Å². The van der Waals surface area contributed by atoms with Gasteiger partial charge in [-0.25, -0.2) is 4.99 Å². The van der Waals surface area contributed by atoms with Gasteiger partial charge < -0.3 is 0 Å². The van der Waals surface area contributed by atoms with Crippen LogP contribution in [0.25, 0.3) is 0 Å². The first kappa shape index (κ1) is 6.74. The molecule has 1 amide bonds. The SMILES string of the molecule is N#Cc1ccc2c(c1)C=NC2=O. The first-order valence-electron chi connectivity index (χ1n) is 3.44. The highest BCUT2D eigenvalue weighted by Gasteiger charge is 2.14. The first-order valence-corrected chi connectivity index (χ1v) is 3.44. The maximum Gasteiger partial charge on any atom is 0.277 e. The fourth-order valence-electron chi connectivity index (χ4n) is 1.13. The van der Waals surface area contributed by atoms with E-state index in [0.29, 0.717) is 11.1 Å². The van der Waals surface area contributed by atoms with Gasteiger partial charge in [-0.15, -0.1) is 0 Å². The third-order valence-corrected chi connectivity index (χ3v) is 1.73. The zero-order valence-corrected chi connectivity index (χ0v) is 6.11. The topological polar surface area (TPSA) is 53.2 Å². The fourth-order valence-corrected chi connectivity index (χ4v) is 1.13. The van der Waals surface area contributed by atoms with Crippen molar-refractivity contribution >= 4 is 12.1 Å². The van der Waals surface area contributed by atoms with Crippen molar-refractivity contribution in [3.05, 3.63) is 34.9 Å². The molecule has 3 nitrogen and oxygen atoms in total. The number of fused-ring (bicyclic) bond motifs is 1. The van der Waals surface area contributed by atoms with Crippen LogP contribution in [0.4, 0.5) is 0 Å². The van der Waals surface area contributed by atoms with Crippen LogP contribution in [0.1, 0.15) is 21.5 Å². The number of nitriles is 1. The zero-order valence-electron chi connectivity index (χ0n) is 6.11. The molecule has 1 aliphatic heterocycles. The molecule has 0 saturated heterocycles. The highest BCUT2D eigenvalue weighted by Crippen LogP contribution is 2.15. The third-order valence-electron chi connectivity index (χ3n) is 1.73. The van der Waals surface area contributed by atoms with Gasteiger partial charge in [0.25, 0.3) is 5.91 Å². The Morgan fingerprint density at radius 1 is 1.42 bits per heavy atom. The average molecular weight is 156 g/mol. The maximum absolute atomic E-state index is 11.0. The second kappa shape index (κ2) is 2.28. The zero-order chi connectivity index (χ0) is 8.55. The molecule has 0 bridgehead atoms. The van der Waals surface area contributed by atoms with E-state index in [1.165, 1.54) is 6.21 Å². The lowest BCUT2D eigenvalue weighted by molar-refractivity contribution is 0.101. The normalized spacial score (nSPS) is 12.8. The van der Waals surface area contributed by atoms with Crippen LogP contribution in [0.2, 0.25) is 0 Å². The lowest BCUT2D eigenvalue weighted by Gasteiger charge is -1.93. The number of rotatable bonds is 0. The quantitative estimate of drug-likeness (QED) is 0.565. The second-order valence-corrected chi connectivity index (χ2v) is 2.48. The Bertz CT molecular complexity index is 427. The number of aliphatic imine (C=N–C) groups is 1. The summed E-state index contributed by atoms with van der Waals surface area (Å²) in [6.45, 7) is 0. The predicted molar refractivity (Wildman–Crippen MR) is 43.1 cm³/mol. The van der Waals surface area contributed by atoms with E-state index in [2.05, 4.69) is 4.99 Å². The average Bonchev–Trinajstić information content (AvgIpc) is 2.47. The molecule has 0 atom stereocenters. The summed E-state index contributed by atoms with van der Waals surface area (Å²) in [7, 11) is 0. The summed E-state index contributed by atoms with van der Waals surface area (Å²) in [6, 6.07) is 6.90. The largest absolute Gasteiger partial charge is 0.277 e. The number of amides is 1. The van der Waals surface area contributed by atoms with Crippen molar-refractivity contribution in [2.75, 3.05) is 0 Å². The number of carbonyl (C=O) groups is 1. The molecule has 1 heterocycles. The highest BCUT2D eigenvalue weighted by atomic mass is 16.1. The van der Waals surface area contributed by atoms with Crippen molar-refractivity contribution in [1.82, 2.24) is 0 Å². The molecular weight excluding hydrogens is 152 g/mol. The molecule has 2 rings (SSSR count). The molecule has 12 heavy (non-hydrogen) atoms.